The molecule has 3 N–H and O–H groups in total. The zero-order valence-corrected chi connectivity index (χ0v) is 22.9. The molecule has 1 saturated heterocycles. The van der Waals surface area contributed by atoms with Crippen LogP contribution in [-0.4, -0.2) is 97.6 Å². The van der Waals surface area contributed by atoms with Crippen molar-refractivity contribution in [3.8, 4) is 11.4 Å². The molecule has 2 aromatic heterocycles. The number of hydrogen-bond acceptors (Lipinski definition) is 10. The Labute approximate surface area is 241 Å². The van der Waals surface area contributed by atoms with Gasteiger partial charge in [-0.1, -0.05) is 65.9 Å². The van der Waals surface area contributed by atoms with Crippen LogP contribution in [0.1, 0.15) is 21.9 Å². The Balaban J connectivity index is 1.37. The van der Waals surface area contributed by atoms with E-state index in [1.165, 1.54) is 12.0 Å². The normalized spacial score (nSPS) is 13.7. The average Bonchev–Trinajstić information content (AvgIpc) is 3.57. The van der Waals surface area contributed by atoms with Crippen LogP contribution in [0, 0.1) is 0 Å². The summed E-state index contributed by atoms with van der Waals surface area (Å²) in [7, 11) is 1.31. The molecule has 14 nitrogen and oxygen atoms in total. The Hall–Kier alpha value is -5.40. The molecular weight excluding hydrogens is 540 g/mol. The molecular formula is C28H30N10O4. The summed E-state index contributed by atoms with van der Waals surface area (Å²) in [6.45, 7) is 1.68. The van der Waals surface area contributed by atoms with E-state index in [9.17, 15) is 14.4 Å². The van der Waals surface area contributed by atoms with Gasteiger partial charge in [0.1, 0.15) is 17.6 Å². The number of H-pyrrole nitrogens is 1. The number of rotatable bonds is 9. The van der Waals surface area contributed by atoms with Gasteiger partial charge in [0.2, 0.25) is 5.91 Å². The number of hydrogen-bond donors (Lipinski definition) is 3. The first-order valence-electron chi connectivity index (χ1n) is 13.4. The van der Waals surface area contributed by atoms with Crippen LogP contribution in [0.3, 0.4) is 0 Å². The fourth-order valence-corrected chi connectivity index (χ4v) is 4.50. The lowest BCUT2D eigenvalue weighted by Crippen LogP contribution is -2.56. The highest BCUT2D eigenvalue weighted by atomic mass is 16.5. The van der Waals surface area contributed by atoms with Gasteiger partial charge in [-0.15, -0.1) is 10.2 Å². The van der Waals surface area contributed by atoms with Crippen molar-refractivity contribution in [3.05, 3.63) is 83.8 Å². The number of aromatic nitrogens is 6. The second kappa shape index (κ2) is 13.3. The van der Waals surface area contributed by atoms with Crippen LogP contribution < -0.4 is 10.6 Å². The lowest BCUT2D eigenvalue weighted by atomic mass is 10.1. The molecule has 2 aromatic carbocycles. The number of amides is 3. The predicted molar refractivity (Wildman–Crippen MR) is 151 cm³/mol. The van der Waals surface area contributed by atoms with E-state index in [2.05, 4.69) is 41.2 Å². The van der Waals surface area contributed by atoms with Crippen molar-refractivity contribution in [2.24, 2.45) is 0 Å². The molecule has 5 rings (SSSR count). The van der Waals surface area contributed by atoms with Gasteiger partial charge in [-0.05, 0) is 5.56 Å². The molecule has 42 heavy (non-hydrogen) atoms. The van der Waals surface area contributed by atoms with E-state index in [0.29, 0.717) is 31.3 Å². The molecule has 1 aliphatic rings. The summed E-state index contributed by atoms with van der Waals surface area (Å²) in [6, 6.07) is 19.7. The van der Waals surface area contributed by atoms with Crippen LogP contribution >= 0.6 is 0 Å². The Morgan fingerprint density at radius 3 is 2.31 bits per heavy atom. The van der Waals surface area contributed by atoms with Gasteiger partial charge in [0, 0.05) is 50.8 Å². The number of carbonyl (C=O) groups excluding carboxylic acids is 3. The molecule has 0 radical (unpaired) electrons. The minimum absolute atomic E-state index is 0.00797. The van der Waals surface area contributed by atoms with Crippen LogP contribution in [0.2, 0.25) is 0 Å². The van der Waals surface area contributed by atoms with Crippen molar-refractivity contribution in [1.82, 2.24) is 45.7 Å². The quantitative estimate of drug-likeness (QED) is 0.268. The van der Waals surface area contributed by atoms with Gasteiger partial charge in [-0.2, -0.15) is 5.21 Å². The molecule has 1 aliphatic heterocycles. The van der Waals surface area contributed by atoms with Crippen LogP contribution in [0.15, 0.2) is 66.7 Å². The number of ether oxygens (including phenoxy) is 1. The van der Waals surface area contributed by atoms with Crippen molar-refractivity contribution in [2.45, 2.75) is 19.0 Å². The number of nitrogens with one attached hydrogen (secondary N) is 3. The average molecular weight is 571 g/mol. The van der Waals surface area contributed by atoms with E-state index >= 15 is 0 Å². The number of methoxy groups -OCH3 is 1. The second-order valence-corrected chi connectivity index (χ2v) is 9.51. The summed E-state index contributed by atoms with van der Waals surface area (Å²) in [5, 5.41) is 19.9. The zero-order valence-electron chi connectivity index (χ0n) is 22.9. The third-order valence-corrected chi connectivity index (χ3v) is 6.71. The van der Waals surface area contributed by atoms with Gasteiger partial charge < -0.3 is 25.2 Å². The van der Waals surface area contributed by atoms with E-state index in [4.69, 9.17) is 4.74 Å². The minimum Gasteiger partial charge on any atom is -0.453 e. The summed E-state index contributed by atoms with van der Waals surface area (Å²) in [5.74, 6) is 0.182. The van der Waals surface area contributed by atoms with Crippen molar-refractivity contribution < 1.29 is 19.1 Å². The number of carbonyl (C=O) groups is 3. The van der Waals surface area contributed by atoms with Crippen LogP contribution in [0.25, 0.3) is 11.4 Å². The highest BCUT2D eigenvalue weighted by molar-refractivity contribution is 5.97. The predicted octanol–water partition coefficient (Wildman–Crippen LogP) is 1.52. The molecule has 1 atom stereocenters. The maximum atomic E-state index is 13.6. The third kappa shape index (κ3) is 7.02. The number of benzene rings is 2. The molecule has 14 heteroatoms. The zero-order chi connectivity index (χ0) is 29.3. The van der Waals surface area contributed by atoms with Crippen molar-refractivity contribution in [1.29, 1.82) is 0 Å². The van der Waals surface area contributed by atoms with Crippen molar-refractivity contribution in [3.63, 3.8) is 0 Å². The van der Waals surface area contributed by atoms with E-state index < -0.39 is 18.0 Å². The maximum absolute atomic E-state index is 13.6. The molecule has 1 fully saturated rings. The first-order valence-corrected chi connectivity index (χ1v) is 13.4. The summed E-state index contributed by atoms with van der Waals surface area (Å²) in [4.78, 5) is 51.4. The molecule has 3 amide bonds. The lowest BCUT2D eigenvalue weighted by molar-refractivity contribution is -0.134. The third-order valence-electron chi connectivity index (χ3n) is 6.71. The van der Waals surface area contributed by atoms with E-state index in [1.807, 2.05) is 60.7 Å². The standard InChI is InChI=1S/C28H30N10O4/c1-42-28(41)38-14-12-37(13-15-38)27(40)22(17-24-33-35-36-34-24)31-26(39)21-16-23(29-18-19-8-4-2-5-9-19)32-25(30-21)20-10-6-3-7-11-20/h2-11,16,22H,12-15,17-18H2,1H3,(H,31,39)(H,29,30,32)(H,33,34,35,36)/t22-/m0/s1. The Morgan fingerprint density at radius 2 is 1.64 bits per heavy atom. The summed E-state index contributed by atoms with van der Waals surface area (Å²) in [6.07, 6.45) is -0.443. The summed E-state index contributed by atoms with van der Waals surface area (Å²) in [5.41, 5.74) is 1.86. The second-order valence-electron chi connectivity index (χ2n) is 9.51. The Kier molecular flexibility index (Phi) is 8.91. The molecule has 0 unspecified atom stereocenters. The molecule has 0 aliphatic carbocycles. The lowest BCUT2D eigenvalue weighted by Gasteiger charge is -2.35. The van der Waals surface area contributed by atoms with Gasteiger partial charge in [0.15, 0.2) is 11.6 Å². The Bertz CT molecular complexity index is 1490. The van der Waals surface area contributed by atoms with E-state index in [1.54, 1.807) is 11.0 Å². The molecule has 4 aromatic rings. The number of piperazine rings is 1. The molecule has 0 spiro atoms. The van der Waals surface area contributed by atoms with Gasteiger partial charge in [0.05, 0.1) is 7.11 Å². The van der Waals surface area contributed by atoms with Crippen LogP contribution in [-0.2, 0) is 22.5 Å². The van der Waals surface area contributed by atoms with Crippen molar-refractivity contribution in [2.75, 3.05) is 38.6 Å². The van der Waals surface area contributed by atoms with E-state index in [-0.39, 0.29) is 36.9 Å². The monoisotopic (exact) mass is 570 g/mol. The first-order chi connectivity index (χ1) is 20.5. The smallest absolute Gasteiger partial charge is 0.409 e. The molecule has 3 heterocycles. The summed E-state index contributed by atoms with van der Waals surface area (Å²) < 4.78 is 4.78. The number of nitrogens with zero attached hydrogens (tertiary/aromatic N) is 7. The van der Waals surface area contributed by atoms with Gasteiger partial charge in [-0.25, -0.2) is 14.8 Å². The van der Waals surface area contributed by atoms with Crippen LogP contribution in [0.4, 0.5) is 10.6 Å². The Morgan fingerprint density at radius 1 is 0.952 bits per heavy atom. The maximum Gasteiger partial charge on any atom is 0.409 e. The number of anilines is 1. The fourth-order valence-electron chi connectivity index (χ4n) is 4.50. The number of aromatic amines is 1. The highest BCUT2D eigenvalue weighted by Crippen LogP contribution is 2.19. The van der Waals surface area contributed by atoms with Crippen molar-refractivity contribution >= 4 is 23.7 Å². The number of tetrazole rings is 1. The summed E-state index contributed by atoms with van der Waals surface area (Å²) >= 11 is 0. The van der Waals surface area contributed by atoms with Gasteiger partial charge in [0.25, 0.3) is 5.91 Å². The van der Waals surface area contributed by atoms with E-state index in [0.717, 1.165) is 11.1 Å². The molecule has 0 bridgehead atoms. The topological polar surface area (TPSA) is 171 Å². The highest BCUT2D eigenvalue weighted by Gasteiger charge is 2.32. The largest absolute Gasteiger partial charge is 0.453 e. The first kappa shape index (κ1) is 28.1. The van der Waals surface area contributed by atoms with Crippen LogP contribution in [0.5, 0.6) is 0 Å². The SMILES string of the molecule is COC(=O)N1CCN(C(=O)[C@H](Cc2nn[nH]n2)NC(=O)c2cc(NCc3ccccc3)nc(-c3ccccc3)n2)CC1. The molecule has 0 saturated carbocycles. The fraction of sp³-hybridized carbons (Fsp3) is 0.286. The van der Waals surface area contributed by atoms with Gasteiger partial charge >= 0.3 is 6.09 Å². The molecule has 216 valence electrons. The minimum atomic E-state index is -1.00. The van der Waals surface area contributed by atoms with Gasteiger partial charge in [-0.3, -0.25) is 9.59 Å².